The van der Waals surface area contributed by atoms with Crippen LogP contribution in [0.25, 0.3) is 0 Å². The Labute approximate surface area is 147 Å². The van der Waals surface area contributed by atoms with Gasteiger partial charge >= 0.3 is 0 Å². The summed E-state index contributed by atoms with van der Waals surface area (Å²) in [6, 6.07) is 7.44. The maximum atomic E-state index is 13.1. The molecule has 0 fully saturated rings. The summed E-state index contributed by atoms with van der Waals surface area (Å²) < 4.78 is 0. The number of ketones is 2. The van der Waals surface area contributed by atoms with Crippen LogP contribution in [0.2, 0.25) is 5.02 Å². The van der Waals surface area contributed by atoms with Crippen LogP contribution in [0.5, 0.6) is 0 Å². The molecule has 0 radical (unpaired) electrons. The fourth-order valence-electron chi connectivity index (χ4n) is 3.73. The number of carbonyl (C=O) groups excluding carboxylic acids is 2. The number of carbonyl (C=O) groups is 2. The van der Waals surface area contributed by atoms with Crippen LogP contribution in [-0.2, 0) is 9.59 Å². The standard InChI is InChI=1S/C20H22ClNO2/c1-11-16(12(2)23)17(13-5-7-14(21)8-6-13)18-15(22-11)9-10-20(3,4)19(18)24/h5-8,17,22H,9-10H2,1-4H3. The van der Waals surface area contributed by atoms with Gasteiger partial charge in [0, 0.05) is 38.9 Å². The molecule has 24 heavy (non-hydrogen) atoms. The summed E-state index contributed by atoms with van der Waals surface area (Å²) in [5.74, 6) is -0.201. The lowest BCUT2D eigenvalue weighted by atomic mass is 9.67. The van der Waals surface area contributed by atoms with E-state index in [9.17, 15) is 9.59 Å². The molecule has 3 rings (SSSR count). The molecule has 1 aromatic rings. The predicted molar refractivity (Wildman–Crippen MR) is 95.8 cm³/mol. The third-order valence-electron chi connectivity index (χ3n) is 5.09. The van der Waals surface area contributed by atoms with E-state index in [1.807, 2.05) is 45.0 Å². The lowest BCUT2D eigenvalue weighted by molar-refractivity contribution is -0.124. The Morgan fingerprint density at radius 1 is 1.25 bits per heavy atom. The minimum Gasteiger partial charge on any atom is -0.362 e. The topological polar surface area (TPSA) is 46.2 Å². The zero-order valence-electron chi connectivity index (χ0n) is 14.5. The number of hydrogen-bond donors (Lipinski definition) is 1. The number of allylic oxidation sites excluding steroid dienone is 4. The van der Waals surface area contributed by atoms with Gasteiger partial charge in [0.25, 0.3) is 0 Å². The van der Waals surface area contributed by atoms with E-state index < -0.39 is 5.41 Å². The van der Waals surface area contributed by atoms with E-state index in [0.29, 0.717) is 10.6 Å². The van der Waals surface area contributed by atoms with Crippen LogP contribution in [0.3, 0.4) is 0 Å². The molecule has 1 N–H and O–H groups in total. The number of rotatable bonds is 2. The largest absolute Gasteiger partial charge is 0.362 e. The smallest absolute Gasteiger partial charge is 0.167 e. The zero-order valence-corrected chi connectivity index (χ0v) is 15.3. The van der Waals surface area contributed by atoms with Gasteiger partial charge in [-0.2, -0.15) is 0 Å². The highest BCUT2D eigenvalue weighted by atomic mass is 35.5. The van der Waals surface area contributed by atoms with E-state index in [-0.39, 0.29) is 17.5 Å². The van der Waals surface area contributed by atoms with Crippen molar-refractivity contribution in [2.24, 2.45) is 5.41 Å². The van der Waals surface area contributed by atoms with Crippen molar-refractivity contribution in [3.05, 3.63) is 57.4 Å². The van der Waals surface area contributed by atoms with Crippen LogP contribution in [0.1, 0.15) is 52.0 Å². The van der Waals surface area contributed by atoms with Crippen LogP contribution in [-0.4, -0.2) is 11.6 Å². The maximum absolute atomic E-state index is 13.1. The van der Waals surface area contributed by atoms with Gasteiger partial charge in [-0.25, -0.2) is 0 Å². The first kappa shape index (κ1) is 17.0. The molecule has 3 nitrogen and oxygen atoms in total. The van der Waals surface area contributed by atoms with Crippen molar-refractivity contribution in [2.45, 2.75) is 46.5 Å². The lowest BCUT2D eigenvalue weighted by Crippen LogP contribution is -2.40. The summed E-state index contributed by atoms with van der Waals surface area (Å²) in [7, 11) is 0. The van der Waals surface area contributed by atoms with E-state index in [1.165, 1.54) is 0 Å². The number of halogens is 1. The molecule has 1 atom stereocenters. The molecule has 1 heterocycles. The van der Waals surface area contributed by atoms with Gasteiger partial charge in [0.2, 0.25) is 0 Å². The molecule has 0 bridgehead atoms. The fourth-order valence-corrected chi connectivity index (χ4v) is 3.86. The van der Waals surface area contributed by atoms with E-state index in [1.54, 1.807) is 6.92 Å². The first-order chi connectivity index (χ1) is 11.2. The molecule has 1 aromatic carbocycles. The average Bonchev–Trinajstić information content (AvgIpc) is 2.51. The van der Waals surface area contributed by atoms with Gasteiger partial charge in [-0.15, -0.1) is 0 Å². The Morgan fingerprint density at radius 2 is 1.88 bits per heavy atom. The SMILES string of the molecule is CC(=O)C1=C(C)NC2=C(C(=O)C(C)(C)CC2)C1c1ccc(Cl)cc1. The Bertz CT molecular complexity index is 784. The van der Waals surface area contributed by atoms with Crippen LogP contribution in [0.4, 0.5) is 0 Å². The van der Waals surface area contributed by atoms with Crippen LogP contribution in [0, 0.1) is 5.41 Å². The van der Waals surface area contributed by atoms with Gasteiger partial charge < -0.3 is 5.32 Å². The second-order valence-corrected chi connectivity index (χ2v) is 7.75. The average molecular weight is 344 g/mol. The molecule has 126 valence electrons. The molecular weight excluding hydrogens is 322 g/mol. The van der Waals surface area contributed by atoms with Gasteiger partial charge in [-0.05, 0) is 44.4 Å². The van der Waals surface area contributed by atoms with Gasteiger partial charge in [-0.1, -0.05) is 37.6 Å². The highest BCUT2D eigenvalue weighted by Gasteiger charge is 2.43. The summed E-state index contributed by atoms with van der Waals surface area (Å²) in [6.45, 7) is 7.44. The minimum absolute atomic E-state index is 0.0114. The number of Topliss-reactive ketones (excluding diaryl/α,β-unsaturated/α-hetero) is 2. The number of hydrogen-bond acceptors (Lipinski definition) is 3. The molecule has 0 aromatic heterocycles. The molecule has 4 heteroatoms. The zero-order chi connectivity index (χ0) is 17.6. The Morgan fingerprint density at radius 3 is 2.46 bits per heavy atom. The molecule has 2 aliphatic rings. The van der Waals surface area contributed by atoms with E-state index in [2.05, 4.69) is 5.32 Å². The molecular formula is C20H22ClNO2. The van der Waals surface area contributed by atoms with Crippen LogP contribution in [0.15, 0.2) is 46.8 Å². The van der Waals surface area contributed by atoms with Crippen LogP contribution >= 0.6 is 11.6 Å². The summed E-state index contributed by atoms with van der Waals surface area (Å²) in [4.78, 5) is 25.5. The normalized spacial score (nSPS) is 23.0. The molecule has 0 saturated carbocycles. The second kappa shape index (κ2) is 5.89. The monoisotopic (exact) mass is 343 g/mol. The molecule has 1 aliphatic heterocycles. The number of dihydropyridines is 1. The maximum Gasteiger partial charge on any atom is 0.167 e. The Kier molecular flexibility index (Phi) is 4.16. The molecule has 1 aliphatic carbocycles. The highest BCUT2D eigenvalue weighted by Crippen LogP contribution is 2.46. The van der Waals surface area contributed by atoms with E-state index in [4.69, 9.17) is 11.6 Å². The van der Waals surface area contributed by atoms with Gasteiger partial charge in [0.15, 0.2) is 11.6 Å². The molecule has 0 amide bonds. The van der Waals surface area contributed by atoms with Crippen molar-refractivity contribution in [2.75, 3.05) is 0 Å². The predicted octanol–water partition coefficient (Wildman–Crippen LogP) is 4.53. The first-order valence-electron chi connectivity index (χ1n) is 8.24. The van der Waals surface area contributed by atoms with Crippen LogP contribution < -0.4 is 5.32 Å². The highest BCUT2D eigenvalue weighted by molar-refractivity contribution is 6.30. The lowest BCUT2D eigenvalue weighted by Gasteiger charge is -2.39. The summed E-state index contributed by atoms with van der Waals surface area (Å²) in [5, 5.41) is 3.96. The summed E-state index contributed by atoms with van der Waals surface area (Å²) >= 11 is 6.02. The van der Waals surface area contributed by atoms with Gasteiger partial charge in [0.1, 0.15) is 0 Å². The summed E-state index contributed by atoms with van der Waals surface area (Å²) in [6.07, 6.45) is 1.63. The Balaban J connectivity index is 2.21. The van der Waals surface area contributed by atoms with Crippen molar-refractivity contribution in [3.63, 3.8) is 0 Å². The van der Waals surface area contributed by atoms with E-state index in [0.717, 1.165) is 35.4 Å². The number of benzene rings is 1. The van der Waals surface area contributed by atoms with Crippen molar-refractivity contribution in [1.29, 1.82) is 0 Å². The van der Waals surface area contributed by atoms with Gasteiger partial charge in [0.05, 0.1) is 0 Å². The molecule has 0 spiro atoms. The van der Waals surface area contributed by atoms with E-state index >= 15 is 0 Å². The third kappa shape index (κ3) is 2.71. The first-order valence-corrected chi connectivity index (χ1v) is 8.62. The van der Waals surface area contributed by atoms with Crippen molar-refractivity contribution in [3.8, 4) is 0 Å². The molecule has 0 saturated heterocycles. The quantitative estimate of drug-likeness (QED) is 0.857. The number of nitrogens with one attached hydrogen (secondary N) is 1. The Hall–Kier alpha value is -1.87. The second-order valence-electron chi connectivity index (χ2n) is 7.31. The summed E-state index contributed by atoms with van der Waals surface area (Å²) in [5.41, 5.74) is 3.74. The fraction of sp³-hybridized carbons (Fsp3) is 0.400. The third-order valence-corrected chi connectivity index (χ3v) is 5.34. The minimum atomic E-state index is -0.404. The van der Waals surface area contributed by atoms with Crippen molar-refractivity contribution < 1.29 is 9.59 Å². The van der Waals surface area contributed by atoms with Crippen molar-refractivity contribution in [1.82, 2.24) is 5.32 Å². The van der Waals surface area contributed by atoms with Crippen molar-refractivity contribution >= 4 is 23.2 Å². The van der Waals surface area contributed by atoms with Gasteiger partial charge in [-0.3, -0.25) is 9.59 Å². The molecule has 1 unspecified atom stereocenters.